The first-order valence-corrected chi connectivity index (χ1v) is 7.06. The number of fused-ring (bicyclic) bond motifs is 1. The molecule has 104 valence electrons. The molecule has 1 N–H and O–H groups in total. The van der Waals surface area contributed by atoms with E-state index >= 15 is 0 Å². The molecule has 0 spiro atoms. The smallest absolute Gasteiger partial charge is 0.323 e. The Morgan fingerprint density at radius 3 is 2.65 bits per heavy atom. The van der Waals surface area contributed by atoms with E-state index < -0.39 is 0 Å². The zero-order chi connectivity index (χ0) is 14.1. The van der Waals surface area contributed by atoms with Crippen LogP contribution in [0.5, 0.6) is 0 Å². The Labute approximate surface area is 118 Å². The SMILES string of the molecule is CC(C)[C@@H]1N[C@H](c2ccc3ccccc3c2)COC1=O. The number of benzene rings is 2. The van der Waals surface area contributed by atoms with Gasteiger partial charge >= 0.3 is 5.97 Å². The van der Waals surface area contributed by atoms with Crippen molar-refractivity contribution in [2.45, 2.75) is 25.9 Å². The van der Waals surface area contributed by atoms with Crippen molar-refractivity contribution in [3.63, 3.8) is 0 Å². The zero-order valence-corrected chi connectivity index (χ0v) is 11.8. The van der Waals surface area contributed by atoms with Crippen molar-refractivity contribution in [1.82, 2.24) is 5.32 Å². The van der Waals surface area contributed by atoms with Gasteiger partial charge in [-0.1, -0.05) is 50.2 Å². The Balaban J connectivity index is 1.89. The molecular formula is C17H19NO2. The number of cyclic esters (lactones) is 1. The predicted molar refractivity (Wildman–Crippen MR) is 79.4 cm³/mol. The first-order valence-electron chi connectivity index (χ1n) is 7.06. The lowest BCUT2D eigenvalue weighted by atomic mass is 9.97. The molecule has 0 unspecified atom stereocenters. The third-order valence-corrected chi connectivity index (χ3v) is 3.87. The lowest BCUT2D eigenvalue weighted by molar-refractivity contribution is -0.153. The molecule has 2 atom stereocenters. The number of rotatable bonds is 2. The topological polar surface area (TPSA) is 38.3 Å². The van der Waals surface area contributed by atoms with E-state index in [1.54, 1.807) is 0 Å². The van der Waals surface area contributed by atoms with Crippen LogP contribution in [-0.4, -0.2) is 18.6 Å². The van der Waals surface area contributed by atoms with Gasteiger partial charge in [0.2, 0.25) is 0 Å². The van der Waals surface area contributed by atoms with Gasteiger partial charge in [0.25, 0.3) is 0 Å². The first kappa shape index (κ1) is 13.1. The van der Waals surface area contributed by atoms with Crippen molar-refractivity contribution in [2.24, 2.45) is 5.92 Å². The Kier molecular flexibility index (Phi) is 3.45. The lowest BCUT2D eigenvalue weighted by Crippen LogP contribution is -2.50. The van der Waals surface area contributed by atoms with E-state index in [1.165, 1.54) is 16.3 Å². The van der Waals surface area contributed by atoms with Gasteiger partial charge in [0, 0.05) is 0 Å². The highest BCUT2D eigenvalue weighted by Gasteiger charge is 2.32. The van der Waals surface area contributed by atoms with Crippen molar-refractivity contribution < 1.29 is 9.53 Å². The normalized spacial score (nSPS) is 23.1. The molecule has 0 aromatic heterocycles. The van der Waals surface area contributed by atoms with Gasteiger partial charge in [-0.3, -0.25) is 10.1 Å². The Bertz CT molecular complexity index is 636. The summed E-state index contributed by atoms with van der Waals surface area (Å²) in [6.07, 6.45) is 0. The molecule has 3 rings (SSSR count). The molecule has 0 amide bonds. The van der Waals surface area contributed by atoms with Crippen molar-refractivity contribution in [2.75, 3.05) is 6.61 Å². The molecule has 2 aromatic carbocycles. The first-order chi connectivity index (χ1) is 9.65. The molecule has 1 saturated heterocycles. The van der Waals surface area contributed by atoms with Crippen LogP contribution < -0.4 is 5.32 Å². The van der Waals surface area contributed by atoms with E-state index in [0.29, 0.717) is 6.61 Å². The van der Waals surface area contributed by atoms with Gasteiger partial charge in [-0.2, -0.15) is 0 Å². The van der Waals surface area contributed by atoms with Gasteiger partial charge in [0.15, 0.2) is 0 Å². The molecule has 1 heterocycles. The molecule has 3 nitrogen and oxygen atoms in total. The minimum Gasteiger partial charge on any atom is -0.462 e. The van der Waals surface area contributed by atoms with Crippen molar-refractivity contribution >= 4 is 16.7 Å². The molecular weight excluding hydrogens is 250 g/mol. The molecule has 20 heavy (non-hydrogen) atoms. The summed E-state index contributed by atoms with van der Waals surface area (Å²) >= 11 is 0. The van der Waals surface area contributed by atoms with E-state index in [4.69, 9.17) is 4.74 Å². The summed E-state index contributed by atoms with van der Waals surface area (Å²) in [4.78, 5) is 11.7. The summed E-state index contributed by atoms with van der Waals surface area (Å²) in [6, 6.07) is 14.5. The number of carbonyl (C=O) groups is 1. The number of hydrogen-bond donors (Lipinski definition) is 1. The van der Waals surface area contributed by atoms with Gasteiger partial charge in [0.05, 0.1) is 6.04 Å². The van der Waals surface area contributed by atoms with Crippen LogP contribution in [-0.2, 0) is 9.53 Å². The quantitative estimate of drug-likeness (QED) is 0.852. The maximum atomic E-state index is 11.7. The number of morpholine rings is 1. The number of esters is 1. The average Bonchev–Trinajstić information content (AvgIpc) is 2.47. The highest BCUT2D eigenvalue weighted by Crippen LogP contribution is 2.24. The molecule has 1 aliphatic heterocycles. The second-order valence-electron chi connectivity index (χ2n) is 5.68. The van der Waals surface area contributed by atoms with Gasteiger partial charge in [-0.15, -0.1) is 0 Å². The van der Waals surface area contributed by atoms with Crippen LogP contribution in [0.15, 0.2) is 42.5 Å². The van der Waals surface area contributed by atoms with Crippen molar-refractivity contribution in [3.8, 4) is 0 Å². The Morgan fingerprint density at radius 2 is 1.90 bits per heavy atom. The fraction of sp³-hybridized carbons (Fsp3) is 0.353. The molecule has 0 aliphatic carbocycles. The van der Waals surface area contributed by atoms with Crippen LogP contribution in [0, 0.1) is 5.92 Å². The monoisotopic (exact) mass is 269 g/mol. The van der Waals surface area contributed by atoms with Crippen LogP contribution in [0.3, 0.4) is 0 Å². The van der Waals surface area contributed by atoms with E-state index in [0.717, 1.165) is 0 Å². The molecule has 2 aromatic rings. The summed E-state index contributed by atoms with van der Waals surface area (Å²) in [6.45, 7) is 4.46. The van der Waals surface area contributed by atoms with Crippen LogP contribution in [0.25, 0.3) is 10.8 Å². The summed E-state index contributed by atoms with van der Waals surface area (Å²) in [5, 5.41) is 5.85. The van der Waals surface area contributed by atoms with E-state index in [-0.39, 0.29) is 24.0 Å². The van der Waals surface area contributed by atoms with Gasteiger partial charge in [-0.05, 0) is 28.3 Å². The summed E-state index contributed by atoms with van der Waals surface area (Å²) in [7, 11) is 0. The summed E-state index contributed by atoms with van der Waals surface area (Å²) < 4.78 is 5.33. The predicted octanol–water partition coefficient (Wildman–Crippen LogP) is 3.05. The average molecular weight is 269 g/mol. The van der Waals surface area contributed by atoms with Crippen LogP contribution in [0.2, 0.25) is 0 Å². The summed E-state index contributed by atoms with van der Waals surface area (Å²) in [5.41, 5.74) is 1.17. The van der Waals surface area contributed by atoms with Gasteiger partial charge in [0.1, 0.15) is 12.6 Å². The van der Waals surface area contributed by atoms with E-state index in [2.05, 4.69) is 35.6 Å². The zero-order valence-electron chi connectivity index (χ0n) is 11.8. The van der Waals surface area contributed by atoms with Crippen molar-refractivity contribution in [3.05, 3.63) is 48.0 Å². The lowest BCUT2D eigenvalue weighted by Gasteiger charge is -2.32. The van der Waals surface area contributed by atoms with E-state index in [1.807, 2.05) is 26.0 Å². The number of hydrogen-bond acceptors (Lipinski definition) is 3. The molecule has 0 radical (unpaired) electrons. The van der Waals surface area contributed by atoms with Crippen molar-refractivity contribution in [1.29, 1.82) is 0 Å². The molecule has 1 fully saturated rings. The highest BCUT2D eigenvalue weighted by molar-refractivity contribution is 5.83. The van der Waals surface area contributed by atoms with E-state index in [9.17, 15) is 4.79 Å². The number of ether oxygens (including phenoxy) is 1. The van der Waals surface area contributed by atoms with Gasteiger partial charge < -0.3 is 4.74 Å². The highest BCUT2D eigenvalue weighted by atomic mass is 16.5. The molecule has 0 bridgehead atoms. The third-order valence-electron chi connectivity index (χ3n) is 3.87. The molecule has 0 saturated carbocycles. The minimum atomic E-state index is -0.222. The van der Waals surface area contributed by atoms with Gasteiger partial charge in [-0.25, -0.2) is 0 Å². The Morgan fingerprint density at radius 1 is 1.15 bits per heavy atom. The maximum Gasteiger partial charge on any atom is 0.323 e. The second kappa shape index (κ2) is 5.25. The largest absolute Gasteiger partial charge is 0.462 e. The maximum absolute atomic E-state index is 11.7. The molecule has 1 aliphatic rings. The number of carbonyl (C=O) groups excluding carboxylic acids is 1. The van der Waals surface area contributed by atoms with Crippen LogP contribution >= 0.6 is 0 Å². The fourth-order valence-corrected chi connectivity index (χ4v) is 2.67. The fourth-order valence-electron chi connectivity index (χ4n) is 2.67. The molecule has 3 heteroatoms. The minimum absolute atomic E-state index is 0.0738. The number of nitrogens with one attached hydrogen (secondary N) is 1. The summed E-state index contributed by atoms with van der Waals surface area (Å²) in [5.74, 6) is 0.0859. The third kappa shape index (κ3) is 2.41. The second-order valence-corrected chi connectivity index (χ2v) is 5.68. The Hall–Kier alpha value is -1.87. The standard InChI is InChI=1S/C17H19NO2/c1-11(2)16-17(19)20-10-15(18-16)14-8-7-12-5-3-4-6-13(12)9-14/h3-9,11,15-16,18H,10H2,1-2H3/t15-,16-/m0/s1. The van der Waals surface area contributed by atoms with Crippen LogP contribution in [0.1, 0.15) is 25.5 Å². The van der Waals surface area contributed by atoms with Crippen LogP contribution in [0.4, 0.5) is 0 Å².